The molecule has 1 N–H and O–H groups in total. The molecule has 0 saturated carbocycles. The summed E-state index contributed by atoms with van der Waals surface area (Å²) in [5.41, 5.74) is 1.90. The van der Waals surface area contributed by atoms with Gasteiger partial charge in [-0.25, -0.2) is 0 Å². The molecule has 1 heterocycles. The standard InChI is InChI=1S/C18H18N2O4/c1-2-5-15(21)17(22)18(23)20(24)19-10-13-8-3-6-12-7-4-9-14(11-19)16(12)13/h3-4,6-9,24H,2,5,10-11H2,1H3. The summed E-state index contributed by atoms with van der Waals surface area (Å²) in [6.07, 6.45) is 0.475. The van der Waals surface area contributed by atoms with E-state index in [1.165, 1.54) is 5.01 Å². The minimum Gasteiger partial charge on any atom is -0.290 e. The van der Waals surface area contributed by atoms with Gasteiger partial charge in [0.1, 0.15) is 0 Å². The van der Waals surface area contributed by atoms with Gasteiger partial charge in [0.2, 0.25) is 5.78 Å². The van der Waals surface area contributed by atoms with Crippen molar-refractivity contribution in [1.82, 2.24) is 10.2 Å². The fourth-order valence-electron chi connectivity index (χ4n) is 3.03. The van der Waals surface area contributed by atoms with E-state index in [2.05, 4.69) is 0 Å². The minimum atomic E-state index is -1.21. The molecule has 1 aliphatic rings. The zero-order valence-corrected chi connectivity index (χ0v) is 13.4. The first-order chi connectivity index (χ1) is 11.5. The Morgan fingerprint density at radius 2 is 1.67 bits per heavy atom. The van der Waals surface area contributed by atoms with Crippen LogP contribution in [0.5, 0.6) is 0 Å². The second-order valence-corrected chi connectivity index (χ2v) is 5.85. The van der Waals surface area contributed by atoms with E-state index in [1.807, 2.05) is 36.4 Å². The Bertz CT molecular complexity index is 790. The van der Waals surface area contributed by atoms with Gasteiger partial charge in [0.15, 0.2) is 0 Å². The molecule has 6 nitrogen and oxygen atoms in total. The van der Waals surface area contributed by atoms with Crippen LogP contribution < -0.4 is 0 Å². The molecule has 0 fully saturated rings. The van der Waals surface area contributed by atoms with E-state index in [9.17, 15) is 19.6 Å². The SMILES string of the molecule is CCCC(=O)C(=O)C(=O)N(O)N1Cc2cccc3cccc(c23)C1. The van der Waals surface area contributed by atoms with E-state index in [0.29, 0.717) is 6.42 Å². The van der Waals surface area contributed by atoms with Gasteiger partial charge in [0.05, 0.1) is 0 Å². The third kappa shape index (κ3) is 2.81. The van der Waals surface area contributed by atoms with Crippen LogP contribution in [0.1, 0.15) is 30.9 Å². The van der Waals surface area contributed by atoms with Gasteiger partial charge in [-0.2, -0.15) is 5.01 Å². The average molecular weight is 326 g/mol. The van der Waals surface area contributed by atoms with E-state index < -0.39 is 17.5 Å². The maximum atomic E-state index is 12.1. The highest BCUT2D eigenvalue weighted by molar-refractivity contribution is 6.63. The van der Waals surface area contributed by atoms with Crippen LogP contribution in [-0.4, -0.2) is 32.9 Å². The van der Waals surface area contributed by atoms with Crippen LogP contribution in [0.15, 0.2) is 36.4 Å². The number of hydrogen-bond donors (Lipinski definition) is 1. The van der Waals surface area contributed by atoms with Crippen LogP contribution in [-0.2, 0) is 27.5 Å². The molecule has 0 spiro atoms. The largest absolute Gasteiger partial charge is 0.336 e. The molecule has 24 heavy (non-hydrogen) atoms. The third-order valence-electron chi connectivity index (χ3n) is 4.16. The molecule has 1 amide bonds. The number of ketones is 2. The van der Waals surface area contributed by atoms with E-state index in [-0.39, 0.29) is 24.7 Å². The molecule has 0 aliphatic carbocycles. The van der Waals surface area contributed by atoms with Crippen molar-refractivity contribution in [3.05, 3.63) is 47.5 Å². The zero-order chi connectivity index (χ0) is 17.3. The molecular formula is C18H18N2O4. The number of benzene rings is 2. The number of hydroxylamine groups is 1. The van der Waals surface area contributed by atoms with Gasteiger partial charge in [-0.1, -0.05) is 43.3 Å². The molecule has 1 aliphatic heterocycles. The van der Waals surface area contributed by atoms with Gasteiger partial charge < -0.3 is 0 Å². The van der Waals surface area contributed by atoms with E-state index >= 15 is 0 Å². The summed E-state index contributed by atoms with van der Waals surface area (Å²) in [5, 5.41) is 14.0. The fourth-order valence-corrected chi connectivity index (χ4v) is 3.03. The van der Waals surface area contributed by atoms with Crippen molar-refractivity contribution in [3.8, 4) is 0 Å². The van der Waals surface area contributed by atoms with Gasteiger partial charge >= 0.3 is 5.91 Å². The molecule has 0 radical (unpaired) electrons. The number of nitrogens with zero attached hydrogens (tertiary/aromatic N) is 2. The Kier molecular flexibility index (Phi) is 4.42. The van der Waals surface area contributed by atoms with Gasteiger partial charge in [0.25, 0.3) is 5.78 Å². The monoisotopic (exact) mass is 326 g/mol. The summed E-state index contributed by atoms with van der Waals surface area (Å²) in [6, 6.07) is 11.7. The lowest BCUT2D eigenvalue weighted by atomic mass is 9.96. The summed E-state index contributed by atoms with van der Waals surface area (Å²) >= 11 is 0. The highest BCUT2D eigenvalue weighted by Gasteiger charge is 2.32. The molecule has 0 aromatic heterocycles. The number of carbonyl (C=O) groups excluding carboxylic acids is 3. The molecule has 0 bridgehead atoms. The molecule has 0 atom stereocenters. The molecule has 6 heteroatoms. The first-order valence-corrected chi connectivity index (χ1v) is 7.87. The number of amides is 1. The lowest BCUT2D eigenvalue weighted by molar-refractivity contribution is -0.243. The Hall–Kier alpha value is -2.57. The molecule has 0 saturated heterocycles. The highest BCUT2D eigenvalue weighted by atomic mass is 16.6. The maximum absolute atomic E-state index is 12.1. The summed E-state index contributed by atoms with van der Waals surface area (Å²) < 4.78 is 0. The van der Waals surface area contributed by atoms with Crippen LogP contribution >= 0.6 is 0 Å². The summed E-state index contributed by atoms with van der Waals surface area (Å²) in [4.78, 5) is 35.5. The van der Waals surface area contributed by atoms with Gasteiger partial charge in [-0.3, -0.25) is 19.6 Å². The number of hydrazine groups is 1. The Morgan fingerprint density at radius 3 is 2.21 bits per heavy atom. The van der Waals surface area contributed by atoms with Crippen LogP contribution in [0, 0.1) is 0 Å². The number of Topliss-reactive ketones (excluding diaryl/α,β-unsaturated/α-hetero) is 2. The molecule has 2 aromatic rings. The van der Waals surface area contributed by atoms with Crippen molar-refractivity contribution < 1.29 is 19.6 Å². The highest BCUT2D eigenvalue weighted by Crippen LogP contribution is 2.30. The number of hydrogen-bond acceptors (Lipinski definition) is 5. The zero-order valence-electron chi connectivity index (χ0n) is 13.4. The van der Waals surface area contributed by atoms with Crippen molar-refractivity contribution in [2.24, 2.45) is 0 Å². The third-order valence-corrected chi connectivity index (χ3v) is 4.16. The molecular weight excluding hydrogens is 308 g/mol. The average Bonchev–Trinajstić information content (AvgIpc) is 2.60. The Balaban J connectivity index is 1.83. The number of rotatable bonds is 5. The first kappa shape index (κ1) is 16.3. The van der Waals surface area contributed by atoms with E-state index in [4.69, 9.17) is 0 Å². The second kappa shape index (κ2) is 6.51. The van der Waals surface area contributed by atoms with Crippen molar-refractivity contribution in [3.63, 3.8) is 0 Å². The Labute approximate surface area is 139 Å². The van der Waals surface area contributed by atoms with Crippen LogP contribution in [0.25, 0.3) is 10.8 Å². The summed E-state index contributed by atoms with van der Waals surface area (Å²) in [6.45, 7) is 2.31. The van der Waals surface area contributed by atoms with Crippen LogP contribution in [0.3, 0.4) is 0 Å². The number of carbonyl (C=O) groups is 3. The summed E-state index contributed by atoms with van der Waals surface area (Å²) in [5.74, 6) is -3.17. The second-order valence-electron chi connectivity index (χ2n) is 5.85. The van der Waals surface area contributed by atoms with Gasteiger partial charge in [-0.15, -0.1) is 5.17 Å². The Morgan fingerprint density at radius 1 is 1.08 bits per heavy atom. The van der Waals surface area contributed by atoms with Crippen molar-refractivity contribution in [2.45, 2.75) is 32.9 Å². The fraction of sp³-hybridized carbons (Fsp3) is 0.278. The quantitative estimate of drug-likeness (QED) is 0.394. The van der Waals surface area contributed by atoms with Crippen molar-refractivity contribution in [1.29, 1.82) is 0 Å². The lowest BCUT2D eigenvalue weighted by Crippen LogP contribution is -2.48. The van der Waals surface area contributed by atoms with Crippen LogP contribution in [0.4, 0.5) is 0 Å². The van der Waals surface area contributed by atoms with Crippen molar-refractivity contribution in [2.75, 3.05) is 0 Å². The maximum Gasteiger partial charge on any atom is 0.336 e. The van der Waals surface area contributed by atoms with Gasteiger partial charge in [-0.05, 0) is 28.3 Å². The lowest BCUT2D eigenvalue weighted by Gasteiger charge is -2.33. The smallest absolute Gasteiger partial charge is 0.290 e. The van der Waals surface area contributed by atoms with E-state index in [0.717, 1.165) is 21.9 Å². The minimum absolute atomic E-state index is 0.000550. The molecule has 0 unspecified atom stereocenters. The van der Waals surface area contributed by atoms with Crippen molar-refractivity contribution >= 4 is 28.2 Å². The topological polar surface area (TPSA) is 77.9 Å². The first-order valence-electron chi connectivity index (χ1n) is 7.87. The molecule has 3 rings (SSSR count). The molecule has 124 valence electrons. The predicted molar refractivity (Wildman–Crippen MR) is 86.7 cm³/mol. The van der Waals surface area contributed by atoms with Crippen LogP contribution in [0.2, 0.25) is 0 Å². The summed E-state index contributed by atoms with van der Waals surface area (Å²) in [7, 11) is 0. The molecule has 2 aromatic carbocycles. The van der Waals surface area contributed by atoms with E-state index in [1.54, 1.807) is 6.92 Å². The van der Waals surface area contributed by atoms with Gasteiger partial charge in [0, 0.05) is 19.5 Å². The predicted octanol–water partition coefficient (Wildman–Crippen LogP) is 2.23. The normalized spacial score (nSPS) is 13.8.